The van der Waals surface area contributed by atoms with Crippen LogP contribution in [0, 0.1) is 0 Å². The molecule has 1 aliphatic carbocycles. The SMILES string of the molecule is CCCn1c(CO)nnc1SC1CCc2c(Cl)cccc21. The van der Waals surface area contributed by atoms with Crippen molar-refractivity contribution in [2.45, 2.75) is 49.7 Å². The Morgan fingerprint density at radius 1 is 1.43 bits per heavy atom. The van der Waals surface area contributed by atoms with Gasteiger partial charge >= 0.3 is 0 Å². The van der Waals surface area contributed by atoms with Crippen molar-refractivity contribution in [3.8, 4) is 0 Å². The van der Waals surface area contributed by atoms with Gasteiger partial charge < -0.3 is 9.67 Å². The van der Waals surface area contributed by atoms with Crippen LogP contribution in [-0.2, 0) is 19.6 Å². The van der Waals surface area contributed by atoms with Crippen molar-refractivity contribution < 1.29 is 5.11 Å². The first kappa shape index (κ1) is 14.9. The molecule has 1 unspecified atom stereocenters. The molecule has 1 aliphatic rings. The lowest BCUT2D eigenvalue weighted by Crippen LogP contribution is -2.05. The fourth-order valence-electron chi connectivity index (χ4n) is 2.79. The fourth-order valence-corrected chi connectivity index (χ4v) is 4.32. The topological polar surface area (TPSA) is 50.9 Å². The number of aliphatic hydroxyl groups excluding tert-OH is 1. The molecule has 0 spiro atoms. The molecular weight excluding hydrogens is 306 g/mol. The van der Waals surface area contributed by atoms with E-state index in [-0.39, 0.29) is 6.61 Å². The molecule has 21 heavy (non-hydrogen) atoms. The maximum Gasteiger partial charge on any atom is 0.191 e. The van der Waals surface area contributed by atoms with Gasteiger partial charge in [-0.3, -0.25) is 0 Å². The van der Waals surface area contributed by atoms with Gasteiger partial charge in [0.1, 0.15) is 6.61 Å². The maximum absolute atomic E-state index is 9.36. The van der Waals surface area contributed by atoms with E-state index in [1.54, 1.807) is 11.8 Å². The van der Waals surface area contributed by atoms with Crippen LogP contribution >= 0.6 is 23.4 Å². The summed E-state index contributed by atoms with van der Waals surface area (Å²) in [6, 6.07) is 6.12. The molecular formula is C15H18ClN3OS. The summed E-state index contributed by atoms with van der Waals surface area (Å²) in [7, 11) is 0. The molecule has 6 heteroatoms. The Morgan fingerprint density at radius 3 is 3.05 bits per heavy atom. The van der Waals surface area contributed by atoms with Crippen molar-refractivity contribution in [1.82, 2.24) is 14.8 Å². The molecule has 2 aromatic rings. The second kappa shape index (κ2) is 6.38. The summed E-state index contributed by atoms with van der Waals surface area (Å²) in [5, 5.41) is 19.8. The largest absolute Gasteiger partial charge is 0.388 e. The van der Waals surface area contributed by atoms with E-state index in [1.165, 1.54) is 11.1 Å². The summed E-state index contributed by atoms with van der Waals surface area (Å²) in [6.07, 6.45) is 3.07. The lowest BCUT2D eigenvalue weighted by molar-refractivity contribution is 0.263. The van der Waals surface area contributed by atoms with Crippen LogP contribution in [0.5, 0.6) is 0 Å². The molecule has 0 saturated heterocycles. The van der Waals surface area contributed by atoms with Gasteiger partial charge in [-0.1, -0.05) is 42.4 Å². The Morgan fingerprint density at radius 2 is 2.29 bits per heavy atom. The zero-order valence-corrected chi connectivity index (χ0v) is 13.5. The second-order valence-electron chi connectivity index (χ2n) is 5.16. The van der Waals surface area contributed by atoms with Crippen molar-refractivity contribution in [3.05, 3.63) is 40.2 Å². The Labute approximate surface area is 133 Å². The summed E-state index contributed by atoms with van der Waals surface area (Å²) in [5.41, 5.74) is 2.57. The van der Waals surface area contributed by atoms with E-state index in [1.807, 2.05) is 16.7 Å². The van der Waals surface area contributed by atoms with Gasteiger partial charge in [-0.15, -0.1) is 10.2 Å². The van der Waals surface area contributed by atoms with Gasteiger partial charge in [0, 0.05) is 16.8 Å². The number of benzene rings is 1. The molecule has 0 saturated carbocycles. The fraction of sp³-hybridized carbons (Fsp3) is 0.467. The monoisotopic (exact) mass is 323 g/mol. The number of aromatic nitrogens is 3. The van der Waals surface area contributed by atoms with Crippen LogP contribution in [0.15, 0.2) is 23.4 Å². The maximum atomic E-state index is 9.36. The first-order valence-corrected chi connectivity index (χ1v) is 8.47. The Balaban J connectivity index is 1.86. The summed E-state index contributed by atoms with van der Waals surface area (Å²) in [5.74, 6) is 0.642. The molecule has 0 amide bonds. The highest BCUT2D eigenvalue weighted by Gasteiger charge is 2.27. The minimum Gasteiger partial charge on any atom is -0.388 e. The zero-order valence-electron chi connectivity index (χ0n) is 11.9. The van der Waals surface area contributed by atoms with E-state index in [4.69, 9.17) is 11.6 Å². The number of hydrogen-bond acceptors (Lipinski definition) is 4. The number of thioether (sulfide) groups is 1. The summed E-state index contributed by atoms with van der Waals surface area (Å²) >= 11 is 7.99. The van der Waals surface area contributed by atoms with Gasteiger partial charge in [0.25, 0.3) is 0 Å². The van der Waals surface area contributed by atoms with Crippen LogP contribution in [0.4, 0.5) is 0 Å². The third-order valence-corrected chi connectivity index (χ3v) is 5.43. The number of halogens is 1. The molecule has 1 N–H and O–H groups in total. The second-order valence-corrected chi connectivity index (χ2v) is 6.74. The van der Waals surface area contributed by atoms with Gasteiger partial charge in [-0.05, 0) is 36.5 Å². The van der Waals surface area contributed by atoms with E-state index in [0.717, 1.165) is 36.0 Å². The molecule has 0 aliphatic heterocycles. The van der Waals surface area contributed by atoms with Crippen LogP contribution in [0.25, 0.3) is 0 Å². The van der Waals surface area contributed by atoms with Crippen LogP contribution < -0.4 is 0 Å². The minimum absolute atomic E-state index is 0.0688. The number of aliphatic hydroxyl groups is 1. The third-order valence-electron chi connectivity index (χ3n) is 3.79. The predicted octanol–water partition coefficient (Wildman–Crippen LogP) is 3.61. The predicted molar refractivity (Wildman–Crippen MR) is 84.6 cm³/mol. The standard InChI is InChI=1S/C15H18ClN3OS/c1-2-8-19-14(9-20)17-18-15(19)21-13-7-6-10-11(13)4-3-5-12(10)16/h3-5,13,20H,2,6-9H2,1H3. The Bertz CT molecular complexity index is 644. The van der Waals surface area contributed by atoms with Crippen LogP contribution in [-0.4, -0.2) is 19.9 Å². The van der Waals surface area contributed by atoms with E-state index in [2.05, 4.69) is 23.2 Å². The number of fused-ring (bicyclic) bond motifs is 1. The first-order chi connectivity index (χ1) is 10.2. The molecule has 112 valence electrons. The van der Waals surface area contributed by atoms with E-state index < -0.39 is 0 Å². The average Bonchev–Trinajstić information content (AvgIpc) is 3.06. The molecule has 0 bridgehead atoms. The quantitative estimate of drug-likeness (QED) is 0.913. The molecule has 1 atom stereocenters. The molecule has 4 nitrogen and oxygen atoms in total. The lowest BCUT2D eigenvalue weighted by atomic mass is 10.1. The van der Waals surface area contributed by atoms with Gasteiger partial charge in [0.05, 0.1) is 0 Å². The minimum atomic E-state index is -0.0688. The molecule has 1 aromatic carbocycles. The van der Waals surface area contributed by atoms with Gasteiger partial charge in [-0.25, -0.2) is 0 Å². The van der Waals surface area contributed by atoms with Crippen LogP contribution in [0.1, 0.15) is 42.0 Å². The average molecular weight is 324 g/mol. The van der Waals surface area contributed by atoms with Crippen molar-refractivity contribution >= 4 is 23.4 Å². The highest BCUT2D eigenvalue weighted by Crippen LogP contribution is 2.46. The van der Waals surface area contributed by atoms with Crippen LogP contribution in [0.2, 0.25) is 5.02 Å². The number of nitrogens with zero attached hydrogens (tertiary/aromatic N) is 3. The van der Waals surface area contributed by atoms with Crippen molar-refractivity contribution in [2.24, 2.45) is 0 Å². The highest BCUT2D eigenvalue weighted by atomic mass is 35.5. The molecule has 0 fully saturated rings. The van der Waals surface area contributed by atoms with E-state index in [0.29, 0.717) is 11.1 Å². The van der Waals surface area contributed by atoms with Crippen molar-refractivity contribution in [2.75, 3.05) is 0 Å². The summed E-state index contributed by atoms with van der Waals surface area (Å²) < 4.78 is 2.02. The normalized spacial score (nSPS) is 17.2. The molecule has 3 rings (SSSR count). The van der Waals surface area contributed by atoms with Crippen molar-refractivity contribution in [3.63, 3.8) is 0 Å². The van der Waals surface area contributed by atoms with Gasteiger partial charge in [-0.2, -0.15) is 0 Å². The number of rotatable bonds is 5. The molecule has 0 radical (unpaired) electrons. The first-order valence-electron chi connectivity index (χ1n) is 7.21. The van der Waals surface area contributed by atoms with Gasteiger partial charge in [0.15, 0.2) is 11.0 Å². The molecule has 1 aromatic heterocycles. The Kier molecular flexibility index (Phi) is 4.52. The summed E-state index contributed by atoms with van der Waals surface area (Å²) in [4.78, 5) is 0. The lowest BCUT2D eigenvalue weighted by Gasteiger charge is -2.12. The van der Waals surface area contributed by atoms with E-state index in [9.17, 15) is 5.11 Å². The third kappa shape index (κ3) is 2.82. The smallest absolute Gasteiger partial charge is 0.191 e. The highest BCUT2D eigenvalue weighted by molar-refractivity contribution is 7.99. The van der Waals surface area contributed by atoms with Gasteiger partial charge in [0.2, 0.25) is 0 Å². The summed E-state index contributed by atoms with van der Waals surface area (Å²) in [6.45, 7) is 2.88. The van der Waals surface area contributed by atoms with E-state index >= 15 is 0 Å². The molecule has 1 heterocycles. The Hall–Kier alpha value is -1.04. The number of hydrogen-bond donors (Lipinski definition) is 1. The zero-order chi connectivity index (χ0) is 14.8. The van der Waals surface area contributed by atoms with Crippen LogP contribution in [0.3, 0.4) is 0 Å². The van der Waals surface area contributed by atoms with Crippen molar-refractivity contribution in [1.29, 1.82) is 0 Å².